The van der Waals surface area contributed by atoms with E-state index in [-0.39, 0.29) is 24.5 Å². The quantitative estimate of drug-likeness (QED) is 0.563. The Morgan fingerprint density at radius 2 is 1.71 bits per heavy atom. The van der Waals surface area contributed by atoms with Crippen LogP contribution >= 0.6 is 0 Å². The van der Waals surface area contributed by atoms with Gasteiger partial charge in [0, 0.05) is 30.3 Å². The summed E-state index contributed by atoms with van der Waals surface area (Å²) in [4.78, 5) is 38.3. The first-order chi connectivity index (χ1) is 15.0. The van der Waals surface area contributed by atoms with Crippen molar-refractivity contribution in [3.05, 3.63) is 59.7 Å². The van der Waals surface area contributed by atoms with Crippen LogP contribution in [0.2, 0.25) is 0 Å². The van der Waals surface area contributed by atoms with E-state index < -0.39 is 6.16 Å². The van der Waals surface area contributed by atoms with Crippen molar-refractivity contribution in [3.8, 4) is 11.5 Å². The van der Waals surface area contributed by atoms with Gasteiger partial charge in [0.15, 0.2) is 0 Å². The summed E-state index contributed by atoms with van der Waals surface area (Å²) in [6.45, 7) is 3.04. The zero-order valence-corrected chi connectivity index (χ0v) is 17.6. The predicted octanol–water partition coefficient (Wildman–Crippen LogP) is 3.27. The highest BCUT2D eigenvalue weighted by Crippen LogP contribution is 2.19. The number of likely N-dealkylation sites (tertiary alicyclic amines) is 1. The van der Waals surface area contributed by atoms with Crippen LogP contribution in [0.25, 0.3) is 0 Å². The van der Waals surface area contributed by atoms with E-state index in [1.54, 1.807) is 67.5 Å². The summed E-state index contributed by atoms with van der Waals surface area (Å²) in [5.74, 6) is 0.701. The lowest BCUT2D eigenvalue weighted by Gasteiger charge is -2.32. The molecule has 0 spiro atoms. The van der Waals surface area contributed by atoms with Crippen molar-refractivity contribution in [3.63, 3.8) is 0 Å². The molecule has 0 bridgehead atoms. The van der Waals surface area contributed by atoms with Gasteiger partial charge in [0.25, 0.3) is 11.8 Å². The minimum atomic E-state index is -0.782. The molecule has 164 valence electrons. The molecule has 0 aromatic heterocycles. The first-order valence-electron chi connectivity index (χ1n) is 10.2. The van der Waals surface area contributed by atoms with Gasteiger partial charge < -0.3 is 24.4 Å². The van der Waals surface area contributed by atoms with E-state index in [9.17, 15) is 14.4 Å². The van der Waals surface area contributed by atoms with Crippen LogP contribution in [0.5, 0.6) is 11.5 Å². The van der Waals surface area contributed by atoms with E-state index in [0.29, 0.717) is 48.6 Å². The summed E-state index contributed by atoms with van der Waals surface area (Å²) in [5.41, 5.74) is 1.05. The fourth-order valence-electron chi connectivity index (χ4n) is 3.35. The molecule has 8 nitrogen and oxygen atoms in total. The summed E-state index contributed by atoms with van der Waals surface area (Å²) >= 11 is 0. The van der Waals surface area contributed by atoms with Gasteiger partial charge in [0.2, 0.25) is 0 Å². The number of methoxy groups -OCH3 is 1. The van der Waals surface area contributed by atoms with Crippen molar-refractivity contribution in [2.45, 2.75) is 25.8 Å². The second-order valence-corrected chi connectivity index (χ2v) is 7.08. The number of benzene rings is 2. The maximum Gasteiger partial charge on any atom is 0.513 e. The van der Waals surface area contributed by atoms with Gasteiger partial charge in [0.1, 0.15) is 11.5 Å². The van der Waals surface area contributed by atoms with Gasteiger partial charge in [-0.1, -0.05) is 6.07 Å². The van der Waals surface area contributed by atoms with E-state index in [4.69, 9.17) is 14.2 Å². The number of hydrogen-bond acceptors (Lipinski definition) is 6. The monoisotopic (exact) mass is 426 g/mol. The second kappa shape index (κ2) is 10.5. The molecule has 1 aliphatic heterocycles. The second-order valence-electron chi connectivity index (χ2n) is 7.08. The maximum atomic E-state index is 12.7. The molecule has 1 saturated heterocycles. The summed E-state index contributed by atoms with van der Waals surface area (Å²) in [7, 11) is 1.57. The minimum Gasteiger partial charge on any atom is -0.497 e. The molecule has 2 aromatic rings. The van der Waals surface area contributed by atoms with Gasteiger partial charge in [-0.15, -0.1) is 0 Å². The minimum absolute atomic E-state index is 0.0164. The lowest BCUT2D eigenvalue weighted by molar-refractivity contribution is 0.0697. The van der Waals surface area contributed by atoms with E-state index in [0.717, 1.165) is 0 Å². The van der Waals surface area contributed by atoms with E-state index in [2.05, 4.69) is 5.32 Å². The van der Waals surface area contributed by atoms with E-state index >= 15 is 0 Å². The first kappa shape index (κ1) is 22.1. The number of hydrogen-bond donors (Lipinski definition) is 1. The van der Waals surface area contributed by atoms with Gasteiger partial charge >= 0.3 is 6.16 Å². The molecule has 0 atom stereocenters. The number of piperidine rings is 1. The maximum absolute atomic E-state index is 12.7. The average Bonchev–Trinajstić information content (AvgIpc) is 2.79. The Bertz CT molecular complexity index is 920. The Morgan fingerprint density at radius 3 is 2.35 bits per heavy atom. The SMILES string of the molecule is CCOC(=O)Oc1ccc(C(=O)NC2CCN(C(=O)c3cccc(OC)c3)CC2)cc1. The molecule has 1 fully saturated rings. The topological polar surface area (TPSA) is 94.2 Å². The molecule has 31 heavy (non-hydrogen) atoms. The third kappa shape index (κ3) is 5.97. The van der Waals surface area contributed by atoms with Crippen molar-refractivity contribution in [1.82, 2.24) is 10.2 Å². The standard InChI is InChI=1S/C23H26N2O6/c1-3-30-23(28)31-19-9-7-16(8-10-19)21(26)24-18-11-13-25(14-12-18)22(27)17-5-4-6-20(15-17)29-2/h4-10,15,18H,3,11-14H2,1-2H3,(H,24,26). The molecule has 2 aromatic carbocycles. The highest BCUT2D eigenvalue weighted by atomic mass is 16.7. The Kier molecular flexibility index (Phi) is 7.48. The number of nitrogens with zero attached hydrogens (tertiary/aromatic N) is 1. The van der Waals surface area contributed by atoms with Crippen LogP contribution < -0.4 is 14.8 Å². The molecule has 1 heterocycles. The third-order valence-corrected chi connectivity index (χ3v) is 5.01. The number of nitrogens with one attached hydrogen (secondary N) is 1. The molecule has 0 unspecified atom stereocenters. The average molecular weight is 426 g/mol. The highest BCUT2D eigenvalue weighted by Gasteiger charge is 2.25. The number of carbonyl (C=O) groups is 3. The zero-order chi connectivity index (χ0) is 22.2. The lowest BCUT2D eigenvalue weighted by atomic mass is 10.0. The normalized spacial score (nSPS) is 13.9. The van der Waals surface area contributed by atoms with Crippen LogP contribution in [-0.4, -0.2) is 55.7 Å². The third-order valence-electron chi connectivity index (χ3n) is 5.01. The first-order valence-corrected chi connectivity index (χ1v) is 10.2. The zero-order valence-electron chi connectivity index (χ0n) is 17.6. The smallest absolute Gasteiger partial charge is 0.497 e. The summed E-state index contributed by atoms with van der Waals surface area (Å²) in [6.07, 6.45) is 0.562. The molecular weight excluding hydrogens is 400 g/mol. The highest BCUT2D eigenvalue weighted by molar-refractivity contribution is 5.95. The van der Waals surface area contributed by atoms with Gasteiger partial charge in [-0.05, 0) is 62.2 Å². The summed E-state index contributed by atoms with van der Waals surface area (Å²) in [5, 5.41) is 3.00. The van der Waals surface area contributed by atoms with Gasteiger partial charge in [-0.2, -0.15) is 0 Å². The van der Waals surface area contributed by atoms with Crippen LogP contribution in [0.1, 0.15) is 40.5 Å². The summed E-state index contributed by atoms with van der Waals surface area (Å²) in [6, 6.07) is 13.3. The van der Waals surface area contributed by atoms with Crippen LogP contribution in [-0.2, 0) is 4.74 Å². The van der Waals surface area contributed by atoms with Crippen molar-refractivity contribution < 1.29 is 28.6 Å². The molecule has 8 heteroatoms. The van der Waals surface area contributed by atoms with Crippen LogP contribution in [0.15, 0.2) is 48.5 Å². The van der Waals surface area contributed by atoms with Crippen LogP contribution in [0.4, 0.5) is 4.79 Å². The van der Waals surface area contributed by atoms with Crippen molar-refractivity contribution in [1.29, 1.82) is 0 Å². The van der Waals surface area contributed by atoms with Gasteiger partial charge in [-0.25, -0.2) is 4.79 Å². The van der Waals surface area contributed by atoms with Crippen LogP contribution in [0, 0.1) is 0 Å². The Morgan fingerprint density at radius 1 is 1.00 bits per heavy atom. The molecule has 0 aliphatic carbocycles. The molecule has 2 amide bonds. The fourth-order valence-corrected chi connectivity index (χ4v) is 3.35. The number of carbonyl (C=O) groups excluding carboxylic acids is 3. The molecule has 1 N–H and O–H groups in total. The van der Waals surface area contributed by atoms with Crippen molar-refractivity contribution >= 4 is 18.0 Å². The summed E-state index contributed by atoms with van der Waals surface area (Å²) < 4.78 is 14.9. The lowest BCUT2D eigenvalue weighted by Crippen LogP contribution is -2.46. The fraction of sp³-hybridized carbons (Fsp3) is 0.348. The van der Waals surface area contributed by atoms with E-state index in [1.807, 2.05) is 0 Å². The number of rotatable bonds is 6. The molecule has 0 radical (unpaired) electrons. The Labute approximate surface area is 181 Å². The predicted molar refractivity (Wildman–Crippen MR) is 113 cm³/mol. The van der Waals surface area contributed by atoms with Gasteiger partial charge in [-0.3, -0.25) is 9.59 Å². The van der Waals surface area contributed by atoms with Crippen molar-refractivity contribution in [2.24, 2.45) is 0 Å². The molecule has 0 saturated carbocycles. The van der Waals surface area contributed by atoms with Crippen molar-refractivity contribution in [2.75, 3.05) is 26.8 Å². The van der Waals surface area contributed by atoms with Gasteiger partial charge in [0.05, 0.1) is 13.7 Å². The van der Waals surface area contributed by atoms with E-state index in [1.165, 1.54) is 0 Å². The number of amides is 2. The molecular formula is C23H26N2O6. The number of ether oxygens (including phenoxy) is 3. The largest absolute Gasteiger partial charge is 0.513 e. The molecule has 3 rings (SSSR count). The molecule has 1 aliphatic rings. The Hall–Kier alpha value is -3.55. The Balaban J connectivity index is 1.49. The van der Waals surface area contributed by atoms with Crippen LogP contribution in [0.3, 0.4) is 0 Å².